The molecule has 82 valence electrons. The van der Waals surface area contributed by atoms with E-state index in [4.69, 9.17) is 0 Å². The normalized spacial score (nSPS) is 10.4. The van der Waals surface area contributed by atoms with Crippen molar-refractivity contribution in [1.82, 2.24) is 0 Å². The number of halogens is 3. The molecule has 2 aromatic carbocycles. The number of phenolic OH excluding ortho intramolecular Hbond substituents is 1. The van der Waals surface area contributed by atoms with E-state index in [2.05, 4.69) is 15.9 Å². The number of hydrogen-bond acceptors (Lipinski definition) is 1. The minimum absolute atomic E-state index is 0.138. The first-order valence-electron chi connectivity index (χ1n) is 4.52. The smallest absolute Gasteiger partial charge is 0.145 e. The molecule has 2 aromatic rings. The monoisotopic (exact) mass is 284 g/mol. The van der Waals surface area contributed by atoms with Crippen LogP contribution in [0.25, 0.3) is 11.1 Å². The van der Waals surface area contributed by atoms with Crippen molar-refractivity contribution in [3.63, 3.8) is 0 Å². The predicted molar refractivity (Wildman–Crippen MR) is 61.2 cm³/mol. The Kier molecular flexibility index (Phi) is 2.92. The lowest BCUT2D eigenvalue weighted by Gasteiger charge is -2.07. The van der Waals surface area contributed by atoms with Crippen molar-refractivity contribution < 1.29 is 13.9 Å². The van der Waals surface area contributed by atoms with E-state index in [-0.39, 0.29) is 21.3 Å². The van der Waals surface area contributed by atoms with Crippen LogP contribution < -0.4 is 0 Å². The Balaban J connectivity index is 2.67. The van der Waals surface area contributed by atoms with Gasteiger partial charge in [0.1, 0.15) is 17.4 Å². The first kappa shape index (κ1) is 11.1. The topological polar surface area (TPSA) is 20.2 Å². The summed E-state index contributed by atoms with van der Waals surface area (Å²) in [4.78, 5) is 0. The average molecular weight is 285 g/mol. The summed E-state index contributed by atoms with van der Waals surface area (Å²) >= 11 is 3.04. The van der Waals surface area contributed by atoms with Crippen LogP contribution >= 0.6 is 15.9 Å². The van der Waals surface area contributed by atoms with Gasteiger partial charge in [0.15, 0.2) is 0 Å². The molecule has 0 amide bonds. The third kappa shape index (κ3) is 1.93. The Morgan fingerprint density at radius 1 is 1.00 bits per heavy atom. The van der Waals surface area contributed by atoms with Crippen LogP contribution in [-0.4, -0.2) is 5.11 Å². The fourth-order valence-corrected chi connectivity index (χ4v) is 1.80. The molecule has 0 aliphatic carbocycles. The summed E-state index contributed by atoms with van der Waals surface area (Å²) in [6.07, 6.45) is 0. The fraction of sp³-hybridized carbons (Fsp3) is 0. The zero-order valence-electron chi connectivity index (χ0n) is 8.05. The second kappa shape index (κ2) is 4.22. The number of rotatable bonds is 1. The van der Waals surface area contributed by atoms with Gasteiger partial charge in [-0.1, -0.05) is 12.1 Å². The molecular formula is C12H7BrF2O. The molecule has 0 aromatic heterocycles. The van der Waals surface area contributed by atoms with Crippen LogP contribution in [0, 0.1) is 11.6 Å². The van der Waals surface area contributed by atoms with Gasteiger partial charge in [0, 0.05) is 11.1 Å². The van der Waals surface area contributed by atoms with Crippen LogP contribution in [0.15, 0.2) is 40.9 Å². The molecule has 4 heteroatoms. The van der Waals surface area contributed by atoms with Crippen LogP contribution in [0.1, 0.15) is 0 Å². The number of phenols is 1. The lowest BCUT2D eigenvalue weighted by Crippen LogP contribution is -1.87. The standard InChI is InChI=1S/C12H7BrF2O/c13-10-3-1-2-8(12(10)15)9-6-7(14)4-5-11(9)16/h1-6,16H. The minimum atomic E-state index is -0.525. The zero-order chi connectivity index (χ0) is 11.7. The van der Waals surface area contributed by atoms with Gasteiger partial charge in [-0.3, -0.25) is 0 Å². The molecule has 16 heavy (non-hydrogen) atoms. The maximum absolute atomic E-state index is 13.7. The van der Waals surface area contributed by atoms with E-state index in [0.717, 1.165) is 12.1 Å². The molecule has 0 unspecified atom stereocenters. The molecule has 2 rings (SSSR count). The highest BCUT2D eigenvalue weighted by atomic mass is 79.9. The highest BCUT2D eigenvalue weighted by molar-refractivity contribution is 9.10. The maximum Gasteiger partial charge on any atom is 0.145 e. The zero-order valence-corrected chi connectivity index (χ0v) is 9.63. The van der Waals surface area contributed by atoms with Crippen molar-refractivity contribution in [3.8, 4) is 16.9 Å². The molecule has 1 N–H and O–H groups in total. The van der Waals surface area contributed by atoms with Crippen molar-refractivity contribution in [1.29, 1.82) is 0 Å². The number of aromatic hydroxyl groups is 1. The largest absolute Gasteiger partial charge is 0.507 e. The second-order valence-corrected chi connectivity index (χ2v) is 4.12. The molecule has 1 nitrogen and oxygen atoms in total. The summed E-state index contributed by atoms with van der Waals surface area (Å²) in [7, 11) is 0. The average Bonchev–Trinajstić information content (AvgIpc) is 2.26. The first-order valence-corrected chi connectivity index (χ1v) is 5.32. The fourth-order valence-electron chi connectivity index (χ4n) is 1.44. The highest BCUT2D eigenvalue weighted by Crippen LogP contribution is 2.33. The summed E-state index contributed by atoms with van der Waals surface area (Å²) in [5, 5.41) is 9.56. The van der Waals surface area contributed by atoms with Gasteiger partial charge in [0.2, 0.25) is 0 Å². The predicted octanol–water partition coefficient (Wildman–Crippen LogP) is 4.10. The van der Waals surface area contributed by atoms with Gasteiger partial charge in [-0.2, -0.15) is 0 Å². The summed E-state index contributed by atoms with van der Waals surface area (Å²) < 4.78 is 27.0. The lowest BCUT2D eigenvalue weighted by atomic mass is 10.0. The molecule has 0 aliphatic rings. The Hall–Kier alpha value is -1.42. The van der Waals surface area contributed by atoms with Gasteiger partial charge in [-0.05, 0) is 40.2 Å². The van der Waals surface area contributed by atoms with E-state index >= 15 is 0 Å². The lowest BCUT2D eigenvalue weighted by molar-refractivity contribution is 0.474. The molecule has 0 spiro atoms. The van der Waals surface area contributed by atoms with Crippen molar-refractivity contribution >= 4 is 15.9 Å². The number of hydrogen-bond donors (Lipinski definition) is 1. The molecule has 0 saturated heterocycles. The van der Waals surface area contributed by atoms with Gasteiger partial charge in [0.05, 0.1) is 4.47 Å². The maximum atomic E-state index is 13.7. The van der Waals surface area contributed by atoms with Gasteiger partial charge in [0.25, 0.3) is 0 Å². The van der Waals surface area contributed by atoms with Crippen LogP contribution in [0.2, 0.25) is 0 Å². The van der Waals surface area contributed by atoms with E-state index in [0.29, 0.717) is 0 Å². The van der Waals surface area contributed by atoms with Crippen LogP contribution in [0.3, 0.4) is 0 Å². The van der Waals surface area contributed by atoms with E-state index in [9.17, 15) is 13.9 Å². The highest BCUT2D eigenvalue weighted by Gasteiger charge is 2.12. The van der Waals surface area contributed by atoms with Crippen LogP contribution in [-0.2, 0) is 0 Å². The molecular weight excluding hydrogens is 278 g/mol. The Bertz CT molecular complexity index is 541. The third-order valence-corrected chi connectivity index (χ3v) is 2.81. The summed E-state index contributed by atoms with van der Waals surface area (Å²) in [6, 6.07) is 8.05. The van der Waals surface area contributed by atoms with Crippen molar-refractivity contribution in [3.05, 3.63) is 52.5 Å². The Morgan fingerprint density at radius 2 is 1.75 bits per heavy atom. The minimum Gasteiger partial charge on any atom is -0.507 e. The summed E-state index contributed by atoms with van der Waals surface area (Å²) in [5.41, 5.74) is 0.296. The van der Waals surface area contributed by atoms with E-state index in [1.54, 1.807) is 6.07 Å². The van der Waals surface area contributed by atoms with Gasteiger partial charge < -0.3 is 5.11 Å². The first-order chi connectivity index (χ1) is 7.59. The molecule has 0 radical (unpaired) electrons. The van der Waals surface area contributed by atoms with Crippen LogP contribution in [0.4, 0.5) is 8.78 Å². The van der Waals surface area contributed by atoms with Crippen molar-refractivity contribution in [2.45, 2.75) is 0 Å². The summed E-state index contributed by atoms with van der Waals surface area (Å²) in [6.45, 7) is 0. The second-order valence-electron chi connectivity index (χ2n) is 3.26. The van der Waals surface area contributed by atoms with E-state index in [1.807, 2.05) is 0 Å². The number of benzene rings is 2. The Morgan fingerprint density at radius 3 is 2.50 bits per heavy atom. The van der Waals surface area contributed by atoms with Gasteiger partial charge in [-0.15, -0.1) is 0 Å². The van der Waals surface area contributed by atoms with Crippen molar-refractivity contribution in [2.24, 2.45) is 0 Å². The Labute approximate surface area is 99.5 Å². The molecule has 0 fully saturated rings. The molecule has 0 atom stereocenters. The van der Waals surface area contributed by atoms with Crippen molar-refractivity contribution in [2.75, 3.05) is 0 Å². The van der Waals surface area contributed by atoms with E-state index in [1.165, 1.54) is 18.2 Å². The molecule has 0 bridgehead atoms. The quantitative estimate of drug-likeness (QED) is 0.836. The van der Waals surface area contributed by atoms with Gasteiger partial charge in [-0.25, -0.2) is 8.78 Å². The molecule has 0 saturated carbocycles. The SMILES string of the molecule is Oc1ccc(F)cc1-c1cccc(Br)c1F. The summed E-state index contributed by atoms with van der Waals surface area (Å²) in [5.74, 6) is -1.20. The third-order valence-electron chi connectivity index (χ3n) is 2.20. The van der Waals surface area contributed by atoms with Crippen LogP contribution in [0.5, 0.6) is 5.75 Å². The van der Waals surface area contributed by atoms with Gasteiger partial charge >= 0.3 is 0 Å². The molecule has 0 aliphatic heterocycles. The molecule has 0 heterocycles. The van der Waals surface area contributed by atoms with E-state index < -0.39 is 11.6 Å².